The van der Waals surface area contributed by atoms with Crippen molar-refractivity contribution in [3.8, 4) is 0 Å². The number of aliphatic hydroxyl groups is 2. The van der Waals surface area contributed by atoms with Crippen molar-refractivity contribution in [2.24, 2.45) is 0 Å². The monoisotopic (exact) mass is 377 g/mol. The van der Waals surface area contributed by atoms with Gasteiger partial charge in [-0.15, -0.1) is 0 Å². The van der Waals surface area contributed by atoms with Crippen molar-refractivity contribution in [2.75, 3.05) is 12.3 Å². The van der Waals surface area contributed by atoms with E-state index in [1.54, 1.807) is 0 Å². The molecular formula is C10H12N5O7PS. The fraction of sp³-hybridized carbons (Fsp3) is 0.500. The van der Waals surface area contributed by atoms with Crippen molar-refractivity contribution in [1.82, 2.24) is 19.5 Å². The lowest BCUT2D eigenvalue weighted by Gasteiger charge is -2.23. The highest BCUT2D eigenvalue weighted by molar-refractivity contribution is 8.02. The maximum Gasteiger partial charge on any atom is 0.501 e. The van der Waals surface area contributed by atoms with Gasteiger partial charge in [-0.25, -0.2) is 19.5 Å². The second-order valence-corrected chi connectivity index (χ2v) is 7.57. The summed E-state index contributed by atoms with van der Waals surface area (Å²) in [5.74, 6) is 0.182. The van der Waals surface area contributed by atoms with Crippen molar-refractivity contribution >= 4 is 37.1 Å². The van der Waals surface area contributed by atoms with E-state index in [2.05, 4.69) is 22.9 Å². The topological polar surface area (TPSA) is 164 Å². The van der Waals surface area contributed by atoms with E-state index >= 15 is 0 Å². The standard InChI is InChI=1S/C10H12N5O7PS/c11-8-5-9(13-2-12-8)15(3-14-5)10-7(17)6(16)4(20-10)1-19-23(18)21-24-22-23/h2-4,6-7,10,16-17H,1H2,(H2,11,12,13)/t4-,6-,7-,10-/m1/s1. The van der Waals surface area contributed by atoms with Gasteiger partial charge in [-0.2, -0.15) is 7.94 Å². The maximum atomic E-state index is 11.6. The molecule has 130 valence electrons. The molecule has 0 spiro atoms. The van der Waals surface area contributed by atoms with Crippen molar-refractivity contribution in [3.05, 3.63) is 12.7 Å². The molecule has 2 aromatic heterocycles. The lowest BCUT2D eigenvalue weighted by atomic mass is 10.1. The molecule has 4 rings (SSSR count). The van der Waals surface area contributed by atoms with E-state index in [1.807, 2.05) is 0 Å². The van der Waals surface area contributed by atoms with Crippen LogP contribution in [0.3, 0.4) is 0 Å². The Labute approximate surface area is 138 Å². The number of phosphoric acid groups is 1. The van der Waals surface area contributed by atoms with E-state index in [-0.39, 0.29) is 12.4 Å². The minimum Gasteiger partial charge on any atom is -0.387 e. The minimum atomic E-state index is -3.58. The fourth-order valence-corrected chi connectivity index (χ4v) is 3.76. The summed E-state index contributed by atoms with van der Waals surface area (Å²) in [5.41, 5.74) is 6.40. The lowest BCUT2D eigenvalue weighted by molar-refractivity contribution is -0.0504. The SMILES string of the molecule is Nc1ncnc2c1ncn2[C@@H]1O[C@H](COP2(=O)OSO2)[C@@H](O)[C@H]1O. The summed E-state index contributed by atoms with van der Waals surface area (Å²) >= 11 is 0.550. The largest absolute Gasteiger partial charge is 0.501 e. The molecule has 2 aliphatic rings. The molecule has 24 heavy (non-hydrogen) atoms. The molecular weight excluding hydrogens is 365 g/mol. The molecule has 2 aromatic rings. The second kappa shape index (κ2) is 5.89. The first kappa shape index (κ1) is 16.2. The molecule has 2 fully saturated rings. The van der Waals surface area contributed by atoms with Crippen LogP contribution in [0.4, 0.5) is 5.82 Å². The fourth-order valence-electron chi connectivity index (χ4n) is 2.44. The van der Waals surface area contributed by atoms with Gasteiger partial charge in [-0.1, -0.05) is 0 Å². The normalized spacial score (nSPS) is 32.1. The Bertz CT molecular complexity index is 812. The van der Waals surface area contributed by atoms with Crippen molar-refractivity contribution in [2.45, 2.75) is 24.5 Å². The van der Waals surface area contributed by atoms with Gasteiger partial charge in [0.2, 0.25) is 0 Å². The van der Waals surface area contributed by atoms with Gasteiger partial charge in [0.05, 0.1) is 12.9 Å². The maximum absolute atomic E-state index is 11.6. The van der Waals surface area contributed by atoms with Crippen LogP contribution in [0.15, 0.2) is 12.7 Å². The van der Waals surface area contributed by atoms with E-state index in [1.165, 1.54) is 17.2 Å². The van der Waals surface area contributed by atoms with Crippen LogP contribution in [0.25, 0.3) is 11.2 Å². The van der Waals surface area contributed by atoms with Gasteiger partial charge in [0.25, 0.3) is 0 Å². The van der Waals surface area contributed by atoms with Crippen LogP contribution in [0, 0.1) is 0 Å². The van der Waals surface area contributed by atoms with Gasteiger partial charge in [-0.3, -0.25) is 9.09 Å². The van der Waals surface area contributed by atoms with E-state index in [9.17, 15) is 14.8 Å². The number of nitrogens with zero attached hydrogens (tertiary/aromatic N) is 4. The van der Waals surface area contributed by atoms with E-state index in [0.29, 0.717) is 23.5 Å². The van der Waals surface area contributed by atoms with Crippen molar-refractivity contribution in [1.29, 1.82) is 0 Å². The highest BCUT2D eigenvalue weighted by atomic mass is 32.2. The van der Waals surface area contributed by atoms with Gasteiger partial charge >= 0.3 is 7.82 Å². The van der Waals surface area contributed by atoms with Gasteiger partial charge in [-0.05, 0) is 0 Å². The molecule has 0 bridgehead atoms. The summed E-state index contributed by atoms with van der Waals surface area (Å²) in [5, 5.41) is 20.4. The Balaban J connectivity index is 1.55. The second-order valence-electron chi connectivity index (χ2n) is 5.09. The van der Waals surface area contributed by atoms with E-state index in [0.717, 1.165) is 0 Å². The number of aromatic nitrogens is 4. The Morgan fingerprint density at radius 3 is 2.83 bits per heavy atom. The number of nitrogens with two attached hydrogens (primary N) is 1. The van der Waals surface area contributed by atoms with Crippen LogP contribution in [0.1, 0.15) is 6.23 Å². The molecule has 14 heteroatoms. The predicted molar refractivity (Wildman–Crippen MR) is 79.0 cm³/mol. The molecule has 0 unspecified atom stereocenters. The molecule has 4 heterocycles. The Kier molecular flexibility index (Phi) is 3.97. The zero-order chi connectivity index (χ0) is 16.9. The van der Waals surface area contributed by atoms with Crippen molar-refractivity contribution < 1.29 is 32.0 Å². The van der Waals surface area contributed by atoms with Gasteiger partial charge in [0, 0.05) is 0 Å². The third-order valence-electron chi connectivity index (χ3n) is 3.64. The first-order valence-electron chi connectivity index (χ1n) is 6.72. The number of aliphatic hydroxyl groups excluding tert-OH is 2. The average Bonchev–Trinajstić information content (AvgIpc) is 3.08. The molecule has 0 radical (unpaired) electrons. The average molecular weight is 377 g/mol. The van der Waals surface area contributed by atoms with E-state index in [4.69, 9.17) is 15.0 Å². The summed E-state index contributed by atoms with van der Waals surface area (Å²) in [6, 6.07) is 0. The number of nitrogen functional groups attached to an aromatic ring is 1. The summed E-state index contributed by atoms with van der Waals surface area (Å²) in [7, 11) is -3.58. The van der Waals surface area contributed by atoms with Crippen molar-refractivity contribution in [3.63, 3.8) is 0 Å². The predicted octanol–water partition coefficient (Wildman–Crippen LogP) is -0.238. The number of fused-ring (bicyclic) bond motifs is 1. The zero-order valence-electron chi connectivity index (χ0n) is 11.8. The summed E-state index contributed by atoms with van der Waals surface area (Å²) < 4.78 is 32.8. The molecule has 4 atom stereocenters. The molecule has 2 saturated heterocycles. The zero-order valence-corrected chi connectivity index (χ0v) is 13.5. The van der Waals surface area contributed by atoms with Gasteiger partial charge < -0.3 is 20.7 Å². The highest BCUT2D eigenvalue weighted by Crippen LogP contribution is 2.65. The van der Waals surface area contributed by atoms with Crippen LogP contribution in [0.2, 0.25) is 0 Å². The van der Waals surface area contributed by atoms with Crippen LogP contribution in [-0.2, 0) is 21.8 Å². The quantitative estimate of drug-likeness (QED) is 0.474. The first-order chi connectivity index (χ1) is 11.5. The number of hydrogen-bond donors (Lipinski definition) is 3. The van der Waals surface area contributed by atoms with Gasteiger partial charge in [0.15, 0.2) is 30.0 Å². The first-order valence-corrected chi connectivity index (χ1v) is 8.85. The highest BCUT2D eigenvalue weighted by Gasteiger charge is 2.47. The molecule has 4 N–H and O–H groups in total. The molecule has 0 amide bonds. The van der Waals surface area contributed by atoms with Crippen LogP contribution >= 0.6 is 20.1 Å². The summed E-state index contributed by atoms with van der Waals surface area (Å²) in [6.45, 7) is -0.295. The number of hydrogen-bond acceptors (Lipinski definition) is 12. The van der Waals surface area contributed by atoms with Crippen LogP contribution < -0.4 is 5.73 Å². The molecule has 2 aliphatic heterocycles. The molecule has 0 aromatic carbocycles. The van der Waals surface area contributed by atoms with Crippen LogP contribution in [0.5, 0.6) is 0 Å². The Morgan fingerprint density at radius 1 is 1.33 bits per heavy atom. The third-order valence-corrected chi connectivity index (χ3v) is 6.05. The number of anilines is 1. The Hall–Kier alpha value is -1.31. The van der Waals surface area contributed by atoms with E-state index < -0.39 is 32.4 Å². The van der Waals surface area contributed by atoms with Gasteiger partial charge in [0.1, 0.15) is 30.2 Å². The molecule has 0 saturated carbocycles. The minimum absolute atomic E-state index is 0.182. The molecule has 12 nitrogen and oxygen atoms in total. The molecule has 0 aliphatic carbocycles. The third kappa shape index (κ3) is 2.59. The number of imidazole rings is 1. The smallest absolute Gasteiger partial charge is 0.387 e. The lowest BCUT2D eigenvalue weighted by Crippen LogP contribution is -2.33. The Morgan fingerprint density at radius 2 is 2.12 bits per heavy atom. The number of rotatable bonds is 4. The summed E-state index contributed by atoms with van der Waals surface area (Å²) in [4.78, 5) is 12.0. The summed E-state index contributed by atoms with van der Waals surface area (Å²) in [6.07, 6.45) is -1.88. The van der Waals surface area contributed by atoms with Crippen LogP contribution in [-0.4, -0.2) is 54.7 Å². The number of ether oxygens (including phenoxy) is 1.